The Morgan fingerprint density at radius 3 is 1.15 bits per heavy atom. The van der Waals surface area contributed by atoms with E-state index < -0.39 is 71.6 Å². The maximum absolute atomic E-state index is 13.7. The van der Waals surface area contributed by atoms with Crippen LogP contribution in [0.15, 0.2) is 48.5 Å². The van der Waals surface area contributed by atoms with Crippen molar-refractivity contribution in [1.29, 1.82) is 0 Å². The Balaban J connectivity index is 0.860. The van der Waals surface area contributed by atoms with Gasteiger partial charge in [-0.3, -0.25) is 19.2 Å². The second kappa shape index (κ2) is 18.5. The molecule has 358 valence electrons. The first kappa shape index (κ1) is 45.3. The van der Waals surface area contributed by atoms with Crippen LogP contribution in [0.1, 0.15) is 57.4 Å². The van der Waals surface area contributed by atoms with Crippen LogP contribution in [0.4, 0.5) is 0 Å². The van der Waals surface area contributed by atoms with Crippen LogP contribution in [0.5, 0.6) is 57.5 Å². The van der Waals surface area contributed by atoms with E-state index in [1.807, 2.05) is 12.1 Å². The number of methoxy groups -OCH3 is 6. The summed E-state index contributed by atoms with van der Waals surface area (Å²) in [6.45, 7) is 0.0316. The van der Waals surface area contributed by atoms with Crippen molar-refractivity contribution in [3.8, 4) is 57.5 Å². The lowest BCUT2D eigenvalue weighted by Crippen LogP contribution is -2.37. The number of benzene rings is 4. The molecule has 0 radical (unpaired) electrons. The van der Waals surface area contributed by atoms with Crippen molar-refractivity contribution in [2.45, 2.75) is 24.0 Å². The first-order valence-corrected chi connectivity index (χ1v) is 24.0. The van der Waals surface area contributed by atoms with Crippen LogP contribution in [0, 0.1) is 23.7 Å². The molecule has 4 aromatic carbocycles. The normalized spacial score (nSPS) is 24.3. The standard InChI is InChI=1S/C48H46O18S2/c1-53-33-7-21(8-34(54-2)45(33)57-5)39-23-11-29-31(63-19-61-29)13-25(23)43(27-15-59-47(51)41(27)39)65-37(49)17-67-68-18-38(50)66-44-26-14-32-30(62-20-64-32)12-24(26)40(42-28(44)16-60-48(42)52)22-9-35(55-3)46(58-6)36(10-22)56-4/h7-14,27-28,39-44H,15-20H2,1-6H3/t27-,28-,39+,40+,41-,42-,43-,44-/m0/s1. The minimum absolute atomic E-state index is 0.00394. The fourth-order valence-corrected chi connectivity index (χ4v) is 12.0. The second-order valence-corrected chi connectivity index (χ2v) is 19.0. The first-order chi connectivity index (χ1) is 33.1. The molecule has 10 rings (SSSR count). The summed E-state index contributed by atoms with van der Waals surface area (Å²) in [5.41, 5.74) is 4.04. The number of fused-ring (bicyclic) bond motifs is 6. The van der Waals surface area contributed by atoms with Gasteiger partial charge in [-0.2, -0.15) is 0 Å². The van der Waals surface area contributed by atoms with E-state index in [2.05, 4.69) is 0 Å². The van der Waals surface area contributed by atoms with E-state index in [0.717, 1.165) is 21.6 Å². The van der Waals surface area contributed by atoms with Crippen LogP contribution in [-0.2, 0) is 38.1 Å². The molecule has 6 aliphatic rings. The van der Waals surface area contributed by atoms with Gasteiger partial charge in [0.05, 0.1) is 67.7 Å². The fourth-order valence-electron chi connectivity index (χ4n) is 10.4. The molecule has 2 saturated heterocycles. The van der Waals surface area contributed by atoms with E-state index in [1.165, 1.54) is 42.7 Å². The highest BCUT2D eigenvalue weighted by molar-refractivity contribution is 8.77. The molecule has 68 heavy (non-hydrogen) atoms. The molecule has 4 heterocycles. The van der Waals surface area contributed by atoms with Crippen molar-refractivity contribution in [2.24, 2.45) is 23.7 Å². The van der Waals surface area contributed by atoms with E-state index in [0.29, 0.717) is 90.9 Å². The number of esters is 4. The Labute approximate surface area is 397 Å². The number of carbonyl (C=O) groups is 4. The van der Waals surface area contributed by atoms with Gasteiger partial charge in [-0.05, 0) is 70.8 Å². The van der Waals surface area contributed by atoms with Gasteiger partial charge in [0.2, 0.25) is 25.1 Å². The third-order valence-electron chi connectivity index (χ3n) is 13.3. The molecule has 8 atom stereocenters. The summed E-state index contributed by atoms with van der Waals surface area (Å²) in [6.07, 6.45) is -1.76. The van der Waals surface area contributed by atoms with Crippen LogP contribution >= 0.6 is 21.6 Å². The SMILES string of the molecule is COc1cc([C@@H]2c3cc4c(cc3[C@H](OC(=O)CSSCC(=O)O[C@H]3c5cc6c(cc5[C@@H](c5cc(OC)c(OC)c(OC)c5)[C@H]5C(=O)OC[C@@H]53)OCO6)[C@H]3COC(=O)[C@H]23)OCO4)cc(OC)c1OC. The summed E-state index contributed by atoms with van der Waals surface area (Å²) in [7, 11) is 11.3. The zero-order valence-corrected chi connectivity index (χ0v) is 39.3. The maximum Gasteiger partial charge on any atom is 0.317 e. The van der Waals surface area contributed by atoms with E-state index in [1.54, 1.807) is 36.4 Å². The zero-order chi connectivity index (χ0) is 47.4. The molecule has 2 fully saturated rings. The van der Waals surface area contributed by atoms with Crippen LogP contribution in [0.2, 0.25) is 0 Å². The number of cyclic esters (lactones) is 2. The minimum atomic E-state index is -0.882. The summed E-state index contributed by atoms with van der Waals surface area (Å²) in [5.74, 6) is -1.74. The summed E-state index contributed by atoms with van der Waals surface area (Å²) in [6, 6.07) is 14.4. The molecular weight excluding hydrogens is 929 g/mol. The molecule has 0 spiro atoms. The topological polar surface area (TPSA) is 197 Å². The predicted octanol–water partition coefficient (Wildman–Crippen LogP) is 6.32. The number of ether oxygens (including phenoxy) is 14. The van der Waals surface area contributed by atoms with Gasteiger partial charge in [0.1, 0.15) is 23.7 Å². The lowest BCUT2D eigenvalue weighted by molar-refractivity contribution is -0.152. The Morgan fingerprint density at radius 1 is 0.485 bits per heavy atom. The highest BCUT2D eigenvalue weighted by Crippen LogP contribution is 2.59. The molecule has 0 N–H and O–H groups in total. The van der Waals surface area contributed by atoms with Crippen LogP contribution in [0.3, 0.4) is 0 Å². The van der Waals surface area contributed by atoms with Crippen molar-refractivity contribution in [1.82, 2.24) is 0 Å². The first-order valence-electron chi connectivity index (χ1n) is 21.5. The fraction of sp³-hybridized carbons (Fsp3) is 0.417. The van der Waals surface area contributed by atoms with E-state index >= 15 is 0 Å². The van der Waals surface area contributed by atoms with Crippen LogP contribution in [0.25, 0.3) is 0 Å². The Bertz CT molecular complexity index is 2460. The van der Waals surface area contributed by atoms with Crippen molar-refractivity contribution in [2.75, 3.05) is 81.0 Å². The Hall–Kier alpha value is -6.54. The Morgan fingerprint density at radius 2 is 0.824 bits per heavy atom. The van der Waals surface area contributed by atoms with Gasteiger partial charge in [0.15, 0.2) is 46.0 Å². The molecule has 18 nitrogen and oxygen atoms in total. The van der Waals surface area contributed by atoms with Gasteiger partial charge in [0, 0.05) is 34.8 Å². The van der Waals surface area contributed by atoms with E-state index in [9.17, 15) is 19.2 Å². The van der Waals surface area contributed by atoms with Crippen LogP contribution in [-0.4, -0.2) is 105 Å². The van der Waals surface area contributed by atoms with Crippen molar-refractivity contribution in [3.05, 3.63) is 81.9 Å². The van der Waals surface area contributed by atoms with E-state index in [4.69, 9.17) is 66.3 Å². The minimum Gasteiger partial charge on any atom is -0.493 e. The summed E-state index contributed by atoms with van der Waals surface area (Å²) in [5, 5.41) is 0. The number of carbonyl (C=O) groups excluding carboxylic acids is 4. The molecule has 0 saturated carbocycles. The number of hydrogen-bond acceptors (Lipinski definition) is 20. The lowest BCUT2D eigenvalue weighted by atomic mass is 9.66. The monoisotopic (exact) mass is 974 g/mol. The smallest absolute Gasteiger partial charge is 0.317 e. The van der Waals surface area contributed by atoms with Gasteiger partial charge in [-0.25, -0.2) is 0 Å². The quantitative estimate of drug-likeness (QED) is 0.0555. The molecule has 0 bridgehead atoms. The van der Waals surface area contributed by atoms with Gasteiger partial charge < -0.3 is 66.3 Å². The number of rotatable bonds is 15. The van der Waals surface area contributed by atoms with Crippen LogP contribution < -0.4 is 47.4 Å². The maximum atomic E-state index is 13.7. The summed E-state index contributed by atoms with van der Waals surface area (Å²) in [4.78, 5) is 54.8. The average molecular weight is 975 g/mol. The zero-order valence-electron chi connectivity index (χ0n) is 37.6. The largest absolute Gasteiger partial charge is 0.493 e. The molecule has 4 aromatic rings. The Kier molecular flexibility index (Phi) is 12.3. The van der Waals surface area contributed by atoms with Crippen molar-refractivity contribution >= 4 is 45.5 Å². The third-order valence-corrected chi connectivity index (χ3v) is 15.4. The number of hydrogen-bond donors (Lipinski definition) is 0. The molecular formula is C48H46O18S2. The summed E-state index contributed by atoms with van der Waals surface area (Å²) < 4.78 is 80.6. The predicted molar refractivity (Wildman–Crippen MR) is 239 cm³/mol. The van der Waals surface area contributed by atoms with Gasteiger partial charge in [-0.1, -0.05) is 21.6 Å². The average Bonchev–Trinajstić information content (AvgIpc) is 4.18. The molecule has 0 amide bonds. The second-order valence-electron chi connectivity index (χ2n) is 16.5. The lowest BCUT2D eigenvalue weighted by Gasteiger charge is -2.38. The van der Waals surface area contributed by atoms with Gasteiger partial charge in [0.25, 0.3) is 0 Å². The van der Waals surface area contributed by atoms with E-state index in [-0.39, 0.29) is 38.3 Å². The molecule has 20 heteroatoms. The highest BCUT2D eigenvalue weighted by atomic mass is 33.1. The van der Waals surface area contributed by atoms with Gasteiger partial charge in [-0.15, -0.1) is 0 Å². The summed E-state index contributed by atoms with van der Waals surface area (Å²) >= 11 is 0. The highest BCUT2D eigenvalue weighted by Gasteiger charge is 2.56. The van der Waals surface area contributed by atoms with Crippen molar-refractivity contribution < 1.29 is 85.5 Å². The molecule has 0 unspecified atom stereocenters. The van der Waals surface area contributed by atoms with Crippen molar-refractivity contribution in [3.63, 3.8) is 0 Å². The molecule has 4 aliphatic heterocycles. The molecule has 2 aliphatic carbocycles. The third kappa shape index (κ3) is 7.70. The molecule has 0 aromatic heterocycles. The van der Waals surface area contributed by atoms with Gasteiger partial charge >= 0.3 is 23.9 Å².